The van der Waals surface area contributed by atoms with Gasteiger partial charge >= 0.3 is 0 Å². The number of hydrogen-bond donors (Lipinski definition) is 1. The molecule has 0 atom stereocenters. The highest BCUT2D eigenvalue weighted by Crippen LogP contribution is 2.43. The SMILES string of the molecule is C=CCCNC(=O)C1(c2ccccc2)CCC1. The van der Waals surface area contributed by atoms with Gasteiger partial charge in [0.05, 0.1) is 5.41 Å². The zero-order valence-corrected chi connectivity index (χ0v) is 10.1. The molecule has 0 aliphatic heterocycles. The summed E-state index contributed by atoms with van der Waals surface area (Å²) in [5, 5.41) is 3.01. The fourth-order valence-electron chi connectivity index (χ4n) is 2.39. The fraction of sp³-hybridized carbons (Fsp3) is 0.400. The molecule has 1 N–H and O–H groups in total. The van der Waals surface area contributed by atoms with E-state index >= 15 is 0 Å². The Balaban J connectivity index is 2.09. The summed E-state index contributed by atoms with van der Waals surface area (Å²) in [5.41, 5.74) is 0.893. The van der Waals surface area contributed by atoms with Gasteiger partial charge in [0, 0.05) is 6.54 Å². The van der Waals surface area contributed by atoms with Crippen LogP contribution in [0.4, 0.5) is 0 Å². The van der Waals surface area contributed by atoms with Gasteiger partial charge in [0.25, 0.3) is 0 Å². The number of carbonyl (C=O) groups is 1. The first-order valence-electron chi connectivity index (χ1n) is 6.24. The predicted octanol–water partition coefficient (Wildman–Crippen LogP) is 2.80. The van der Waals surface area contributed by atoms with Crippen LogP contribution in [-0.2, 0) is 10.2 Å². The van der Waals surface area contributed by atoms with Crippen molar-refractivity contribution in [3.63, 3.8) is 0 Å². The lowest BCUT2D eigenvalue weighted by atomic mass is 9.64. The Kier molecular flexibility index (Phi) is 3.62. The lowest BCUT2D eigenvalue weighted by Crippen LogP contribution is -2.49. The Labute approximate surface area is 103 Å². The van der Waals surface area contributed by atoms with E-state index in [1.54, 1.807) is 0 Å². The Morgan fingerprint density at radius 1 is 1.35 bits per heavy atom. The minimum absolute atomic E-state index is 0.178. The normalized spacial score (nSPS) is 16.9. The lowest BCUT2D eigenvalue weighted by molar-refractivity contribution is -0.129. The molecule has 2 nitrogen and oxygen atoms in total. The van der Waals surface area contributed by atoms with E-state index in [1.807, 2.05) is 24.3 Å². The summed E-state index contributed by atoms with van der Waals surface area (Å²) < 4.78 is 0. The highest BCUT2D eigenvalue weighted by molar-refractivity contribution is 5.89. The number of amides is 1. The second-order valence-electron chi connectivity index (χ2n) is 4.63. The molecule has 0 radical (unpaired) electrons. The molecule has 1 aromatic carbocycles. The molecule has 2 heteroatoms. The summed E-state index contributed by atoms with van der Waals surface area (Å²) >= 11 is 0. The summed E-state index contributed by atoms with van der Waals surface area (Å²) in [6.45, 7) is 4.35. The molecule has 1 amide bonds. The van der Waals surface area contributed by atoms with Crippen LogP contribution in [0.25, 0.3) is 0 Å². The second-order valence-corrected chi connectivity index (χ2v) is 4.63. The third kappa shape index (κ3) is 2.26. The van der Waals surface area contributed by atoms with Crippen molar-refractivity contribution in [3.8, 4) is 0 Å². The average Bonchev–Trinajstić information content (AvgIpc) is 2.29. The number of hydrogen-bond acceptors (Lipinski definition) is 1. The van der Waals surface area contributed by atoms with Crippen LogP contribution in [0.3, 0.4) is 0 Å². The molecule has 0 unspecified atom stereocenters. The predicted molar refractivity (Wildman–Crippen MR) is 69.8 cm³/mol. The summed E-state index contributed by atoms with van der Waals surface area (Å²) in [6.07, 6.45) is 5.74. The quantitative estimate of drug-likeness (QED) is 0.610. The molecule has 0 aromatic heterocycles. The Hall–Kier alpha value is -1.57. The molecular weight excluding hydrogens is 210 g/mol. The highest BCUT2D eigenvalue weighted by Gasteiger charge is 2.45. The van der Waals surface area contributed by atoms with Crippen molar-refractivity contribution in [1.82, 2.24) is 5.32 Å². The minimum Gasteiger partial charge on any atom is -0.355 e. The third-order valence-electron chi connectivity index (χ3n) is 3.60. The summed E-state index contributed by atoms with van der Waals surface area (Å²) in [6, 6.07) is 10.1. The third-order valence-corrected chi connectivity index (χ3v) is 3.60. The van der Waals surface area contributed by atoms with E-state index < -0.39 is 0 Å². The molecule has 2 rings (SSSR count). The summed E-state index contributed by atoms with van der Waals surface area (Å²) in [7, 11) is 0. The van der Waals surface area contributed by atoms with Crippen molar-refractivity contribution >= 4 is 5.91 Å². The Morgan fingerprint density at radius 3 is 2.59 bits per heavy atom. The molecule has 17 heavy (non-hydrogen) atoms. The van der Waals surface area contributed by atoms with Crippen molar-refractivity contribution < 1.29 is 4.79 Å². The van der Waals surface area contributed by atoms with Gasteiger partial charge in [-0.1, -0.05) is 42.8 Å². The van der Waals surface area contributed by atoms with Crippen molar-refractivity contribution in [2.24, 2.45) is 0 Å². The molecule has 0 spiro atoms. The smallest absolute Gasteiger partial charge is 0.230 e. The maximum atomic E-state index is 12.3. The molecule has 1 fully saturated rings. The van der Waals surface area contributed by atoms with Gasteiger partial charge in [-0.15, -0.1) is 6.58 Å². The van der Waals surface area contributed by atoms with Gasteiger partial charge in [-0.25, -0.2) is 0 Å². The van der Waals surface area contributed by atoms with E-state index in [0.29, 0.717) is 6.54 Å². The van der Waals surface area contributed by atoms with E-state index in [1.165, 1.54) is 0 Å². The van der Waals surface area contributed by atoms with Gasteiger partial charge in [-0.2, -0.15) is 0 Å². The van der Waals surface area contributed by atoms with E-state index in [9.17, 15) is 4.79 Å². The van der Waals surface area contributed by atoms with Gasteiger partial charge in [-0.3, -0.25) is 4.79 Å². The molecule has 0 bridgehead atoms. The molecule has 1 aliphatic carbocycles. The largest absolute Gasteiger partial charge is 0.355 e. The molecule has 0 heterocycles. The highest BCUT2D eigenvalue weighted by atomic mass is 16.2. The van der Waals surface area contributed by atoms with Crippen molar-refractivity contribution in [2.75, 3.05) is 6.54 Å². The number of benzene rings is 1. The number of carbonyl (C=O) groups excluding carboxylic acids is 1. The summed E-state index contributed by atoms with van der Waals surface area (Å²) in [4.78, 5) is 12.3. The molecule has 1 aliphatic rings. The van der Waals surface area contributed by atoms with Gasteiger partial charge < -0.3 is 5.32 Å². The topological polar surface area (TPSA) is 29.1 Å². The van der Waals surface area contributed by atoms with Crippen LogP contribution >= 0.6 is 0 Å². The second kappa shape index (κ2) is 5.17. The van der Waals surface area contributed by atoms with Crippen LogP contribution in [0.5, 0.6) is 0 Å². The summed E-state index contributed by atoms with van der Waals surface area (Å²) in [5.74, 6) is 0.178. The fourth-order valence-corrected chi connectivity index (χ4v) is 2.39. The van der Waals surface area contributed by atoms with Gasteiger partial charge in [-0.05, 0) is 24.8 Å². The Bertz CT molecular complexity index is 393. The zero-order valence-electron chi connectivity index (χ0n) is 10.1. The minimum atomic E-state index is -0.261. The van der Waals surface area contributed by atoms with E-state index in [-0.39, 0.29) is 11.3 Å². The molecule has 1 aromatic rings. The van der Waals surface area contributed by atoms with Gasteiger partial charge in [0.15, 0.2) is 0 Å². The van der Waals surface area contributed by atoms with Crippen LogP contribution in [0.1, 0.15) is 31.2 Å². The number of rotatable bonds is 5. The van der Waals surface area contributed by atoms with Crippen molar-refractivity contribution in [1.29, 1.82) is 0 Å². The van der Waals surface area contributed by atoms with Crippen LogP contribution in [0.2, 0.25) is 0 Å². The van der Waals surface area contributed by atoms with Crippen molar-refractivity contribution in [3.05, 3.63) is 48.6 Å². The number of nitrogens with one attached hydrogen (secondary N) is 1. The first-order valence-corrected chi connectivity index (χ1v) is 6.24. The van der Waals surface area contributed by atoms with Crippen LogP contribution in [0.15, 0.2) is 43.0 Å². The van der Waals surface area contributed by atoms with Gasteiger partial charge in [0.1, 0.15) is 0 Å². The monoisotopic (exact) mass is 229 g/mol. The van der Waals surface area contributed by atoms with E-state index in [4.69, 9.17) is 0 Å². The first kappa shape index (κ1) is 11.9. The molecular formula is C15H19NO. The van der Waals surface area contributed by atoms with Crippen LogP contribution in [-0.4, -0.2) is 12.5 Å². The lowest BCUT2D eigenvalue weighted by Gasteiger charge is -2.40. The maximum Gasteiger partial charge on any atom is 0.230 e. The standard InChI is InChI=1S/C15H19NO/c1-2-3-12-16-14(17)15(10-7-11-15)13-8-5-4-6-9-13/h2,4-6,8-9H,1,3,7,10-12H2,(H,16,17). The van der Waals surface area contributed by atoms with Crippen molar-refractivity contribution in [2.45, 2.75) is 31.1 Å². The van der Waals surface area contributed by atoms with Gasteiger partial charge in [0.2, 0.25) is 5.91 Å². The molecule has 90 valence electrons. The Morgan fingerprint density at radius 2 is 2.06 bits per heavy atom. The average molecular weight is 229 g/mol. The molecule has 1 saturated carbocycles. The van der Waals surface area contributed by atoms with E-state index in [0.717, 1.165) is 31.2 Å². The van der Waals surface area contributed by atoms with E-state index in [2.05, 4.69) is 24.0 Å². The van der Waals surface area contributed by atoms with Crippen LogP contribution in [0, 0.1) is 0 Å². The first-order chi connectivity index (χ1) is 8.29. The van der Waals surface area contributed by atoms with Crippen LogP contribution < -0.4 is 5.32 Å². The zero-order chi connectivity index (χ0) is 12.1. The maximum absolute atomic E-state index is 12.3. The molecule has 0 saturated heterocycles.